The second-order valence-corrected chi connectivity index (χ2v) is 15.5. The molecule has 12 aromatic rings. The van der Waals surface area contributed by atoms with Gasteiger partial charge in [-0.25, -0.2) is 0 Å². The molecule has 9 aromatic carbocycles. The Bertz CT molecular complexity index is 3480. The Balaban J connectivity index is 1.25. The number of anilines is 3. The minimum Gasteiger partial charge on any atom is -0.456 e. The first-order chi connectivity index (χ1) is 27.8. The molecule has 0 saturated heterocycles. The standard InChI is InChI=1S/C52H32N2OS/c1-3-16-35(17-4-1)53(44-25-13-24-40-39-21-10-12-28-48(39)56-52(40)44)45-32-33-15-7-8-20-38(33)51-50(45)42-31-34(29-30-43(42)54(51)36-18-5-2-6-19-36)37-23-14-27-47-49(37)41-22-9-11-26-46(41)55-47/h1-32H. The molecule has 0 amide bonds. The van der Waals surface area contributed by atoms with Gasteiger partial charge in [0, 0.05) is 53.8 Å². The van der Waals surface area contributed by atoms with E-state index in [1.165, 1.54) is 47.2 Å². The van der Waals surface area contributed by atoms with Crippen molar-refractivity contribution in [2.45, 2.75) is 0 Å². The Labute approximate surface area is 326 Å². The van der Waals surface area contributed by atoms with Crippen LogP contribution in [0.25, 0.3) is 91.5 Å². The maximum atomic E-state index is 6.38. The molecule has 0 radical (unpaired) electrons. The molecule has 12 rings (SSSR count). The molecule has 0 atom stereocenters. The summed E-state index contributed by atoms with van der Waals surface area (Å²) in [6.45, 7) is 0. The van der Waals surface area contributed by atoms with Gasteiger partial charge in [-0.05, 0) is 83.2 Å². The maximum absolute atomic E-state index is 6.38. The minimum atomic E-state index is 0.897. The smallest absolute Gasteiger partial charge is 0.136 e. The number of hydrogen-bond acceptors (Lipinski definition) is 3. The lowest BCUT2D eigenvalue weighted by molar-refractivity contribution is 0.669. The van der Waals surface area contributed by atoms with E-state index in [1.54, 1.807) is 0 Å². The summed E-state index contributed by atoms with van der Waals surface area (Å²) in [5.41, 5.74) is 11.0. The van der Waals surface area contributed by atoms with Gasteiger partial charge in [0.1, 0.15) is 11.2 Å². The number of thiophene rings is 1. The van der Waals surface area contributed by atoms with E-state index in [0.717, 1.165) is 61.3 Å². The lowest BCUT2D eigenvalue weighted by Crippen LogP contribution is -2.10. The largest absolute Gasteiger partial charge is 0.456 e. The van der Waals surface area contributed by atoms with Gasteiger partial charge in [-0.3, -0.25) is 0 Å². The zero-order chi connectivity index (χ0) is 36.7. The van der Waals surface area contributed by atoms with Gasteiger partial charge in [0.05, 0.1) is 27.1 Å². The highest BCUT2D eigenvalue weighted by molar-refractivity contribution is 7.26. The summed E-state index contributed by atoms with van der Waals surface area (Å²) in [7, 11) is 0. The van der Waals surface area contributed by atoms with E-state index in [0.29, 0.717) is 0 Å². The topological polar surface area (TPSA) is 21.3 Å². The van der Waals surface area contributed by atoms with Crippen LogP contribution in [0.5, 0.6) is 0 Å². The van der Waals surface area contributed by atoms with Crippen molar-refractivity contribution in [1.29, 1.82) is 0 Å². The fourth-order valence-electron chi connectivity index (χ4n) is 8.96. The Kier molecular flexibility index (Phi) is 6.80. The van der Waals surface area contributed by atoms with Crippen molar-refractivity contribution in [3.63, 3.8) is 0 Å². The van der Waals surface area contributed by atoms with Gasteiger partial charge in [0.15, 0.2) is 0 Å². The van der Waals surface area contributed by atoms with Crippen LogP contribution in [0.2, 0.25) is 0 Å². The molecule has 0 aliphatic rings. The highest BCUT2D eigenvalue weighted by Gasteiger charge is 2.26. The average molecular weight is 733 g/mol. The van der Waals surface area contributed by atoms with Crippen molar-refractivity contribution in [3.05, 3.63) is 194 Å². The van der Waals surface area contributed by atoms with E-state index in [4.69, 9.17) is 4.42 Å². The average Bonchev–Trinajstić information content (AvgIpc) is 3.95. The summed E-state index contributed by atoms with van der Waals surface area (Å²) in [5, 5.41) is 9.63. The first-order valence-electron chi connectivity index (χ1n) is 19.0. The summed E-state index contributed by atoms with van der Waals surface area (Å²) in [5.74, 6) is 0. The van der Waals surface area contributed by atoms with Crippen LogP contribution in [0, 0.1) is 0 Å². The van der Waals surface area contributed by atoms with Crippen molar-refractivity contribution in [3.8, 4) is 16.8 Å². The van der Waals surface area contributed by atoms with Gasteiger partial charge in [-0.15, -0.1) is 11.3 Å². The van der Waals surface area contributed by atoms with Gasteiger partial charge in [-0.1, -0.05) is 127 Å². The number of fused-ring (bicyclic) bond motifs is 11. The van der Waals surface area contributed by atoms with Crippen LogP contribution < -0.4 is 4.90 Å². The summed E-state index contributed by atoms with van der Waals surface area (Å²) in [4.78, 5) is 2.50. The first-order valence-corrected chi connectivity index (χ1v) is 19.8. The Morgan fingerprint density at radius 1 is 0.464 bits per heavy atom. The third kappa shape index (κ3) is 4.57. The monoisotopic (exact) mass is 732 g/mol. The fourth-order valence-corrected chi connectivity index (χ4v) is 10.2. The molecule has 262 valence electrons. The number of rotatable bonds is 5. The molecule has 3 nitrogen and oxygen atoms in total. The van der Waals surface area contributed by atoms with Gasteiger partial charge in [0.2, 0.25) is 0 Å². The van der Waals surface area contributed by atoms with Crippen molar-refractivity contribution < 1.29 is 4.42 Å². The van der Waals surface area contributed by atoms with Crippen LogP contribution in [0.3, 0.4) is 0 Å². The summed E-state index contributed by atoms with van der Waals surface area (Å²) in [6.07, 6.45) is 0. The summed E-state index contributed by atoms with van der Waals surface area (Å²) >= 11 is 1.87. The summed E-state index contributed by atoms with van der Waals surface area (Å²) in [6, 6.07) is 70.3. The number of nitrogens with zero attached hydrogens (tertiary/aromatic N) is 2. The molecule has 0 aliphatic carbocycles. The van der Waals surface area contributed by atoms with E-state index < -0.39 is 0 Å². The molecule has 3 heterocycles. The third-order valence-corrected chi connectivity index (χ3v) is 12.5. The molecule has 0 aliphatic heterocycles. The Hall–Kier alpha value is -7.14. The van der Waals surface area contributed by atoms with E-state index >= 15 is 0 Å². The van der Waals surface area contributed by atoms with Crippen molar-refractivity contribution >= 4 is 103 Å². The normalized spacial score (nSPS) is 11.9. The highest BCUT2D eigenvalue weighted by Crippen LogP contribution is 2.50. The lowest BCUT2D eigenvalue weighted by atomic mass is 9.96. The number of furan rings is 1. The lowest BCUT2D eigenvalue weighted by Gasteiger charge is -2.27. The van der Waals surface area contributed by atoms with Crippen LogP contribution in [-0.2, 0) is 0 Å². The number of hydrogen-bond donors (Lipinski definition) is 0. The van der Waals surface area contributed by atoms with Crippen LogP contribution in [0.1, 0.15) is 0 Å². The van der Waals surface area contributed by atoms with Gasteiger partial charge < -0.3 is 13.9 Å². The van der Waals surface area contributed by atoms with Gasteiger partial charge >= 0.3 is 0 Å². The Morgan fingerprint density at radius 2 is 1.16 bits per heavy atom. The van der Waals surface area contributed by atoms with E-state index in [2.05, 4.69) is 198 Å². The van der Waals surface area contributed by atoms with Crippen LogP contribution in [0.4, 0.5) is 17.1 Å². The maximum Gasteiger partial charge on any atom is 0.136 e. The van der Waals surface area contributed by atoms with Crippen molar-refractivity contribution in [1.82, 2.24) is 4.57 Å². The second-order valence-electron chi connectivity index (χ2n) is 14.4. The zero-order valence-electron chi connectivity index (χ0n) is 30.2. The molecule has 3 aromatic heterocycles. The number of aromatic nitrogens is 1. The molecular formula is C52H32N2OS. The molecule has 0 saturated carbocycles. The van der Waals surface area contributed by atoms with E-state index in [9.17, 15) is 0 Å². The van der Waals surface area contributed by atoms with Crippen molar-refractivity contribution in [2.24, 2.45) is 0 Å². The van der Waals surface area contributed by atoms with Crippen LogP contribution in [0.15, 0.2) is 199 Å². The number of para-hydroxylation sites is 3. The molecule has 0 N–H and O–H groups in total. The van der Waals surface area contributed by atoms with Crippen LogP contribution >= 0.6 is 11.3 Å². The molecule has 0 fully saturated rings. The molecule has 56 heavy (non-hydrogen) atoms. The predicted octanol–water partition coefficient (Wildman–Crippen LogP) is 15.3. The van der Waals surface area contributed by atoms with Gasteiger partial charge in [0.25, 0.3) is 0 Å². The zero-order valence-corrected chi connectivity index (χ0v) is 31.0. The third-order valence-electron chi connectivity index (χ3n) is 11.3. The predicted molar refractivity (Wildman–Crippen MR) is 239 cm³/mol. The molecular weight excluding hydrogens is 701 g/mol. The first kappa shape index (κ1) is 31.2. The highest BCUT2D eigenvalue weighted by atomic mass is 32.1. The molecule has 0 spiro atoms. The molecule has 4 heteroatoms. The molecule has 0 bridgehead atoms. The van der Waals surface area contributed by atoms with Crippen molar-refractivity contribution in [2.75, 3.05) is 4.90 Å². The minimum absolute atomic E-state index is 0.897. The number of benzene rings is 9. The van der Waals surface area contributed by atoms with Crippen LogP contribution in [-0.4, -0.2) is 4.57 Å². The molecule has 0 unspecified atom stereocenters. The quantitative estimate of drug-likeness (QED) is 0.176. The van der Waals surface area contributed by atoms with E-state index in [1.807, 2.05) is 17.4 Å². The SMILES string of the molecule is c1ccc(N(c2cccc3c2sc2ccccc23)c2cc3ccccc3c3c2c2cc(-c4cccc5oc6ccccc6c45)ccc2n3-c2ccccc2)cc1. The second kappa shape index (κ2) is 12.2. The Morgan fingerprint density at radius 3 is 2.04 bits per heavy atom. The summed E-state index contributed by atoms with van der Waals surface area (Å²) < 4.78 is 11.4. The van der Waals surface area contributed by atoms with Gasteiger partial charge in [-0.2, -0.15) is 0 Å². The van der Waals surface area contributed by atoms with E-state index in [-0.39, 0.29) is 0 Å². The fraction of sp³-hybridized carbons (Fsp3) is 0.